The van der Waals surface area contributed by atoms with Gasteiger partial charge in [0.25, 0.3) is 0 Å². The molecule has 0 fully saturated rings. The van der Waals surface area contributed by atoms with Gasteiger partial charge in [0.2, 0.25) is 0 Å². The summed E-state index contributed by atoms with van der Waals surface area (Å²) < 4.78 is 67.7. The second-order valence-electron chi connectivity index (χ2n) is 23.4. The maximum atomic E-state index is 12.9. The number of aliphatic hydroxyl groups excluding tert-OH is 1. The molecule has 6 atom stereocenters. The fourth-order valence-electron chi connectivity index (χ4n) is 8.69. The quantitative estimate of drug-likeness (QED) is 0.0222. The zero-order valence-electron chi connectivity index (χ0n) is 51.0. The van der Waals surface area contributed by atoms with E-state index in [1.165, 1.54) is 70.6 Å². The average molecular weight is 1170 g/mol. The molecule has 19 heteroatoms. The Labute approximate surface area is 479 Å². The van der Waals surface area contributed by atoms with Gasteiger partial charge < -0.3 is 33.8 Å². The van der Waals surface area contributed by atoms with Crippen molar-refractivity contribution >= 4 is 39.5 Å². The second kappa shape index (κ2) is 50.6. The molecule has 3 N–H and O–H groups in total. The number of phosphoric acid groups is 2. The van der Waals surface area contributed by atoms with Gasteiger partial charge in [-0.25, -0.2) is 9.13 Å². The molecule has 0 aromatic rings. The van der Waals surface area contributed by atoms with E-state index < -0.39 is 97.5 Å². The first kappa shape index (κ1) is 77.1. The van der Waals surface area contributed by atoms with Crippen LogP contribution in [0.25, 0.3) is 0 Å². The molecule has 0 heterocycles. The summed E-state index contributed by atoms with van der Waals surface area (Å²) in [7, 11) is -9.88. The van der Waals surface area contributed by atoms with Crippen molar-refractivity contribution < 1.29 is 80.2 Å². The van der Waals surface area contributed by atoms with Crippen molar-refractivity contribution in [2.75, 3.05) is 39.6 Å². The molecule has 79 heavy (non-hydrogen) atoms. The first-order chi connectivity index (χ1) is 37.6. The maximum absolute atomic E-state index is 12.9. The van der Waals surface area contributed by atoms with Gasteiger partial charge in [-0.3, -0.25) is 37.3 Å². The molecule has 0 aliphatic heterocycles. The van der Waals surface area contributed by atoms with Gasteiger partial charge in [0.15, 0.2) is 12.2 Å². The number of hydrogen-bond acceptors (Lipinski definition) is 15. The number of esters is 4. The van der Waals surface area contributed by atoms with Crippen molar-refractivity contribution in [2.45, 2.75) is 298 Å². The fraction of sp³-hybridized carbons (Fsp3) is 0.933. The van der Waals surface area contributed by atoms with Crippen molar-refractivity contribution in [3.63, 3.8) is 0 Å². The van der Waals surface area contributed by atoms with Gasteiger partial charge in [0, 0.05) is 25.7 Å². The number of rotatable bonds is 57. The third-order valence-corrected chi connectivity index (χ3v) is 15.8. The normalized spacial score (nSPS) is 14.9. The Balaban J connectivity index is 5.25. The Morgan fingerprint density at radius 3 is 0.899 bits per heavy atom. The molecular formula is C60H116O17P2. The second-order valence-corrected chi connectivity index (χ2v) is 26.3. The van der Waals surface area contributed by atoms with Gasteiger partial charge in [-0.05, 0) is 49.4 Å². The van der Waals surface area contributed by atoms with Crippen molar-refractivity contribution in [2.24, 2.45) is 23.7 Å². The van der Waals surface area contributed by atoms with Crippen molar-refractivity contribution in [3.8, 4) is 0 Å². The van der Waals surface area contributed by atoms with Crippen LogP contribution in [0.15, 0.2) is 0 Å². The minimum atomic E-state index is -4.94. The highest BCUT2D eigenvalue weighted by molar-refractivity contribution is 7.47. The maximum Gasteiger partial charge on any atom is 0.472 e. The van der Waals surface area contributed by atoms with E-state index in [4.69, 9.17) is 37.0 Å². The number of ether oxygens (including phenoxy) is 4. The van der Waals surface area contributed by atoms with Crippen LogP contribution >= 0.6 is 15.6 Å². The number of aliphatic hydroxyl groups is 1. The standard InChI is InChI=1S/C60H116O17P2/c1-9-53(8)39-31-23-16-19-25-33-41-58(63)71-46-55(76-59(64)42-34-26-13-11-10-12-20-28-36-50(2)3)48-74-78(66,67)72-44-54(61)45-73-79(68,69)75-49-56(77-60(65)43-35-27-18-15-22-30-38-52(6)7)47-70-57(62)40-32-24-17-14-21-29-37-51(4)5/h50-56,61H,9-49H2,1-8H3,(H,66,67)(H,68,69)/t53?,54-,55+,56+/m0/s1. The minimum Gasteiger partial charge on any atom is -0.462 e. The summed E-state index contributed by atoms with van der Waals surface area (Å²) in [6.45, 7) is 13.8. The van der Waals surface area contributed by atoms with Crippen LogP contribution in [0.4, 0.5) is 0 Å². The molecule has 0 saturated heterocycles. The van der Waals surface area contributed by atoms with Crippen molar-refractivity contribution in [1.29, 1.82) is 0 Å². The summed E-state index contributed by atoms with van der Waals surface area (Å²) in [5.41, 5.74) is 0. The molecule has 0 radical (unpaired) electrons. The predicted molar refractivity (Wildman–Crippen MR) is 312 cm³/mol. The van der Waals surface area contributed by atoms with Crippen molar-refractivity contribution in [1.82, 2.24) is 0 Å². The van der Waals surface area contributed by atoms with Gasteiger partial charge in [0.05, 0.1) is 26.4 Å². The Kier molecular flexibility index (Phi) is 49.3. The molecule has 0 aromatic carbocycles. The lowest BCUT2D eigenvalue weighted by Crippen LogP contribution is -2.30. The SMILES string of the molecule is CCC(C)CCCCCCCCC(=O)OC[C@H](COP(=O)(O)OC[C@H](O)COP(=O)(O)OC[C@@H](COC(=O)CCCCCCCCC(C)C)OC(=O)CCCCCCCCC(C)C)OC(=O)CCCCCCCCCCC(C)C. The molecule has 0 aliphatic rings. The van der Waals surface area contributed by atoms with Crippen LogP contribution in [0.1, 0.15) is 280 Å². The Morgan fingerprint density at radius 1 is 0.354 bits per heavy atom. The van der Waals surface area contributed by atoms with E-state index in [0.29, 0.717) is 37.5 Å². The zero-order chi connectivity index (χ0) is 59.0. The fourth-order valence-corrected chi connectivity index (χ4v) is 10.3. The first-order valence-electron chi connectivity index (χ1n) is 31.2. The van der Waals surface area contributed by atoms with Crippen molar-refractivity contribution in [3.05, 3.63) is 0 Å². The van der Waals surface area contributed by atoms with Crippen LogP contribution in [0.2, 0.25) is 0 Å². The van der Waals surface area contributed by atoms with E-state index in [0.717, 1.165) is 115 Å². The van der Waals surface area contributed by atoms with E-state index in [1.54, 1.807) is 0 Å². The molecule has 468 valence electrons. The molecule has 0 bridgehead atoms. The molecule has 0 aromatic heterocycles. The van der Waals surface area contributed by atoms with Crippen LogP contribution in [-0.4, -0.2) is 96.7 Å². The highest BCUT2D eigenvalue weighted by Gasteiger charge is 2.30. The molecule has 0 amide bonds. The summed E-state index contributed by atoms with van der Waals surface area (Å²) >= 11 is 0. The Morgan fingerprint density at radius 2 is 0.608 bits per heavy atom. The van der Waals surface area contributed by atoms with Gasteiger partial charge in [-0.1, -0.05) is 229 Å². The lowest BCUT2D eigenvalue weighted by atomic mass is 10.00. The number of hydrogen-bond donors (Lipinski definition) is 3. The number of phosphoric ester groups is 2. The molecule has 0 rings (SSSR count). The van der Waals surface area contributed by atoms with Crippen LogP contribution in [0.5, 0.6) is 0 Å². The smallest absolute Gasteiger partial charge is 0.462 e. The number of unbranched alkanes of at least 4 members (excludes halogenated alkanes) is 22. The molecule has 17 nitrogen and oxygen atoms in total. The van der Waals surface area contributed by atoms with Gasteiger partial charge in [-0.2, -0.15) is 0 Å². The van der Waals surface area contributed by atoms with Gasteiger partial charge in [-0.15, -0.1) is 0 Å². The largest absolute Gasteiger partial charge is 0.472 e. The third kappa shape index (κ3) is 53.8. The molecule has 0 spiro atoms. The minimum absolute atomic E-state index is 0.100. The Bertz CT molecular complexity index is 1600. The predicted octanol–water partition coefficient (Wildman–Crippen LogP) is 15.8. The lowest BCUT2D eigenvalue weighted by Gasteiger charge is -2.21. The summed E-state index contributed by atoms with van der Waals surface area (Å²) in [5, 5.41) is 10.5. The van der Waals surface area contributed by atoms with Crippen LogP contribution < -0.4 is 0 Å². The molecule has 0 aliphatic carbocycles. The highest BCUT2D eigenvalue weighted by atomic mass is 31.2. The summed E-state index contributed by atoms with van der Waals surface area (Å²) in [6, 6.07) is 0. The van der Waals surface area contributed by atoms with Crippen LogP contribution in [0.3, 0.4) is 0 Å². The summed E-state index contributed by atoms with van der Waals surface area (Å²) in [5.74, 6) is 0.646. The van der Waals surface area contributed by atoms with Crippen LogP contribution in [-0.2, 0) is 65.4 Å². The third-order valence-electron chi connectivity index (χ3n) is 13.9. The van der Waals surface area contributed by atoms with E-state index in [9.17, 15) is 43.2 Å². The van der Waals surface area contributed by atoms with E-state index in [-0.39, 0.29) is 25.7 Å². The lowest BCUT2D eigenvalue weighted by molar-refractivity contribution is -0.161. The first-order valence-corrected chi connectivity index (χ1v) is 34.2. The highest BCUT2D eigenvalue weighted by Crippen LogP contribution is 2.45. The van der Waals surface area contributed by atoms with E-state index in [1.807, 2.05) is 0 Å². The van der Waals surface area contributed by atoms with E-state index in [2.05, 4.69) is 55.4 Å². The van der Waals surface area contributed by atoms with Gasteiger partial charge in [0.1, 0.15) is 19.3 Å². The molecule has 0 saturated carbocycles. The summed E-state index contributed by atoms with van der Waals surface area (Å²) in [4.78, 5) is 71.9. The Hall–Kier alpha value is -1.94. The van der Waals surface area contributed by atoms with Crippen LogP contribution in [0, 0.1) is 23.7 Å². The topological polar surface area (TPSA) is 237 Å². The molecule has 3 unspecified atom stereocenters. The average Bonchev–Trinajstić information content (AvgIpc) is 3.39. The zero-order valence-corrected chi connectivity index (χ0v) is 52.8. The number of carbonyl (C=O) groups is 4. The molecular weight excluding hydrogens is 1050 g/mol. The van der Waals surface area contributed by atoms with E-state index >= 15 is 0 Å². The van der Waals surface area contributed by atoms with Gasteiger partial charge >= 0.3 is 39.5 Å². The summed E-state index contributed by atoms with van der Waals surface area (Å²) in [6.07, 6.45) is 28.4. The number of carbonyl (C=O) groups excluding carboxylic acids is 4. The monoisotopic (exact) mass is 1170 g/mol.